The summed E-state index contributed by atoms with van der Waals surface area (Å²) in [5.74, 6) is -2.11. The minimum atomic E-state index is -1.69. The van der Waals surface area contributed by atoms with E-state index in [0.717, 1.165) is 42.4 Å². The van der Waals surface area contributed by atoms with E-state index in [2.05, 4.69) is 79.7 Å². The van der Waals surface area contributed by atoms with Gasteiger partial charge in [-0.1, -0.05) is 130 Å². The van der Waals surface area contributed by atoms with E-state index in [1.165, 1.54) is 60.1 Å². The molecule has 0 aliphatic heterocycles. The number of hydrogen-bond donors (Lipinski definition) is 0. The predicted octanol–water partition coefficient (Wildman–Crippen LogP) is 14.2. The SMILES string of the molecule is CC(C=CC1=C(C)CCCC1(C)C)=CC=CC(C)=CC(=O)OCC(=O)[C@]1(OC(=O)C=C(C)C=CC=C(C)C=CC2=C(C)CCCC2(C)C)CC[C@H]2[C@@H]3CCC4=CC(=O)CC[C@]4(C)[C@H]3C(=O)C[C@@]21C. The minimum absolute atomic E-state index is 0.0351. The number of carbonyl (C=O) groups is 5. The zero-order valence-electron chi connectivity index (χ0n) is 43.5. The third kappa shape index (κ3) is 11.2. The van der Waals surface area contributed by atoms with Crippen molar-refractivity contribution >= 4 is 29.3 Å². The molecule has 0 aromatic carbocycles. The fraction of sp³-hybridized carbons (Fsp3) is 0.557. The fourth-order valence-corrected chi connectivity index (χ4v) is 13.3. The maximum atomic E-state index is 14.8. The van der Waals surface area contributed by atoms with Crippen LogP contribution in [-0.2, 0) is 33.4 Å². The number of allylic oxidation sites excluding steroid dienone is 19. The molecule has 0 bridgehead atoms. The lowest BCUT2D eigenvalue weighted by Crippen LogP contribution is -2.62. The van der Waals surface area contributed by atoms with Crippen molar-refractivity contribution in [3.05, 3.63) is 129 Å². The van der Waals surface area contributed by atoms with Gasteiger partial charge in [-0.2, -0.15) is 0 Å². The quantitative estimate of drug-likeness (QED) is 0.0971. The first-order chi connectivity index (χ1) is 31.9. The van der Waals surface area contributed by atoms with Gasteiger partial charge in [0.15, 0.2) is 18.0 Å². The highest BCUT2D eigenvalue weighted by molar-refractivity contribution is 5.98. The van der Waals surface area contributed by atoms with Gasteiger partial charge in [0.2, 0.25) is 5.78 Å². The number of Topliss-reactive ketones (excluding diaryl/α,β-unsaturated/α-hetero) is 2. The highest BCUT2D eigenvalue weighted by Crippen LogP contribution is 2.67. The summed E-state index contributed by atoms with van der Waals surface area (Å²) in [7, 11) is 0. The summed E-state index contributed by atoms with van der Waals surface area (Å²) >= 11 is 0. The van der Waals surface area contributed by atoms with E-state index in [9.17, 15) is 24.0 Å². The molecule has 6 atom stereocenters. The van der Waals surface area contributed by atoms with E-state index in [1.807, 2.05) is 57.2 Å². The molecule has 0 spiro atoms. The minimum Gasteiger partial charge on any atom is -0.454 e. The standard InChI is InChI=1S/C61H80O7/c1-40(23-27-49-44(5)21-15-31-57(49,7)8)17-13-19-42(3)35-54(65)67-39-53(64)61(68-55(66)36-43(4)20-14-18-41(2)24-28-50-45(6)22-16-32-58(50,9)10)34-30-51-48-26-25-46-37-47(62)29-33-59(46,11)56(48)52(63)38-60(51,61)12/h13-14,17-20,23-24,27-28,35-37,48,51,56H,15-16,21-22,25-26,29-34,38-39H2,1-12H3/t48-,51-,56+,59-,60-,61+/m0/s1. The molecular formula is C61H80O7. The van der Waals surface area contributed by atoms with E-state index >= 15 is 0 Å². The molecule has 0 saturated heterocycles. The smallest absolute Gasteiger partial charge is 0.332 e. The maximum absolute atomic E-state index is 14.8. The van der Waals surface area contributed by atoms with Crippen LogP contribution in [0.15, 0.2) is 129 Å². The van der Waals surface area contributed by atoms with Crippen molar-refractivity contribution in [2.75, 3.05) is 6.61 Å². The summed E-state index contributed by atoms with van der Waals surface area (Å²) in [6.45, 7) is 24.9. The Balaban J connectivity index is 1.19. The lowest BCUT2D eigenvalue weighted by Gasteiger charge is -2.58. The van der Waals surface area contributed by atoms with Gasteiger partial charge < -0.3 is 9.47 Å². The molecule has 7 nitrogen and oxygen atoms in total. The van der Waals surface area contributed by atoms with Gasteiger partial charge in [-0.15, -0.1) is 0 Å². The van der Waals surface area contributed by atoms with Crippen molar-refractivity contribution in [2.45, 2.75) is 172 Å². The summed E-state index contributed by atoms with van der Waals surface area (Å²) in [5, 5.41) is 0. The highest BCUT2D eigenvalue weighted by atomic mass is 16.6. The summed E-state index contributed by atoms with van der Waals surface area (Å²) in [5.41, 5.74) is 7.38. The van der Waals surface area contributed by atoms with E-state index in [4.69, 9.17) is 9.47 Å². The molecule has 68 heavy (non-hydrogen) atoms. The third-order valence-corrected chi connectivity index (χ3v) is 17.1. The van der Waals surface area contributed by atoms with Gasteiger partial charge in [-0.3, -0.25) is 14.4 Å². The second-order valence-electron chi connectivity index (χ2n) is 23.1. The molecule has 366 valence electrons. The Morgan fingerprint density at radius 1 is 0.662 bits per heavy atom. The Bertz CT molecular complexity index is 2410. The Labute approximate surface area is 408 Å². The van der Waals surface area contributed by atoms with Crippen LogP contribution in [0.25, 0.3) is 0 Å². The van der Waals surface area contributed by atoms with Crippen LogP contribution in [-0.4, -0.2) is 41.5 Å². The molecule has 0 unspecified atom stereocenters. The molecule has 0 N–H and O–H groups in total. The third-order valence-electron chi connectivity index (χ3n) is 17.1. The maximum Gasteiger partial charge on any atom is 0.332 e. The van der Waals surface area contributed by atoms with E-state index in [-0.39, 0.29) is 53.0 Å². The molecule has 6 rings (SSSR count). The average molecular weight is 925 g/mol. The summed E-state index contributed by atoms with van der Waals surface area (Å²) in [6, 6.07) is 0. The van der Waals surface area contributed by atoms with Crippen molar-refractivity contribution in [1.82, 2.24) is 0 Å². The Morgan fingerprint density at radius 3 is 1.75 bits per heavy atom. The predicted molar refractivity (Wildman–Crippen MR) is 274 cm³/mol. The Kier molecular flexibility index (Phi) is 16.2. The second-order valence-corrected chi connectivity index (χ2v) is 23.1. The number of fused-ring (bicyclic) bond motifs is 5. The van der Waals surface area contributed by atoms with Gasteiger partial charge in [0.25, 0.3) is 0 Å². The van der Waals surface area contributed by atoms with Crippen LogP contribution in [0.3, 0.4) is 0 Å². The Hall–Kier alpha value is -4.91. The summed E-state index contributed by atoms with van der Waals surface area (Å²) in [6.07, 6.45) is 35.1. The zero-order chi connectivity index (χ0) is 49.8. The summed E-state index contributed by atoms with van der Waals surface area (Å²) < 4.78 is 12.1. The summed E-state index contributed by atoms with van der Waals surface area (Å²) in [4.78, 5) is 69.2. The lowest BCUT2D eigenvalue weighted by molar-refractivity contribution is -0.190. The van der Waals surface area contributed by atoms with Crippen molar-refractivity contribution in [3.8, 4) is 0 Å². The normalized spacial score (nSPS) is 31.4. The van der Waals surface area contributed by atoms with Crippen LogP contribution < -0.4 is 0 Å². The molecule has 0 amide bonds. The van der Waals surface area contributed by atoms with Gasteiger partial charge in [-0.05, 0) is 169 Å². The van der Waals surface area contributed by atoms with Crippen LogP contribution in [0, 0.1) is 39.4 Å². The van der Waals surface area contributed by atoms with E-state index in [1.54, 1.807) is 13.0 Å². The molecule has 0 heterocycles. The van der Waals surface area contributed by atoms with Crippen LogP contribution in [0.1, 0.15) is 167 Å². The largest absolute Gasteiger partial charge is 0.454 e. The molecule has 3 saturated carbocycles. The van der Waals surface area contributed by atoms with Gasteiger partial charge >= 0.3 is 11.9 Å². The van der Waals surface area contributed by atoms with Crippen LogP contribution in [0.2, 0.25) is 0 Å². The number of rotatable bonds is 14. The van der Waals surface area contributed by atoms with Gasteiger partial charge in [0, 0.05) is 36.3 Å². The second kappa shape index (κ2) is 21.0. The van der Waals surface area contributed by atoms with Crippen molar-refractivity contribution < 1.29 is 33.4 Å². The molecular weight excluding hydrogens is 845 g/mol. The lowest BCUT2D eigenvalue weighted by atomic mass is 9.46. The number of hydrogen-bond acceptors (Lipinski definition) is 7. The van der Waals surface area contributed by atoms with Crippen molar-refractivity contribution in [2.24, 2.45) is 39.4 Å². The van der Waals surface area contributed by atoms with Gasteiger partial charge in [0.1, 0.15) is 5.78 Å². The van der Waals surface area contributed by atoms with Gasteiger partial charge in [-0.25, -0.2) is 9.59 Å². The topological polar surface area (TPSA) is 104 Å². The molecule has 0 aromatic heterocycles. The van der Waals surface area contributed by atoms with E-state index < -0.39 is 40.8 Å². The zero-order valence-corrected chi connectivity index (χ0v) is 43.5. The Morgan fingerprint density at radius 2 is 1.21 bits per heavy atom. The van der Waals surface area contributed by atoms with Crippen LogP contribution in [0.5, 0.6) is 0 Å². The molecule has 0 radical (unpaired) electrons. The molecule has 6 aliphatic rings. The number of ketones is 3. The molecule has 0 aromatic rings. The average Bonchev–Trinajstić information content (AvgIpc) is 3.53. The first kappa shape index (κ1) is 52.5. The highest BCUT2D eigenvalue weighted by Gasteiger charge is 2.70. The molecule has 6 aliphatic carbocycles. The molecule has 7 heteroatoms. The van der Waals surface area contributed by atoms with Gasteiger partial charge in [0.05, 0.1) is 0 Å². The van der Waals surface area contributed by atoms with Crippen LogP contribution >= 0.6 is 0 Å². The van der Waals surface area contributed by atoms with Crippen molar-refractivity contribution in [3.63, 3.8) is 0 Å². The van der Waals surface area contributed by atoms with Crippen molar-refractivity contribution in [1.29, 1.82) is 0 Å². The fourth-order valence-electron chi connectivity index (χ4n) is 13.3. The monoisotopic (exact) mass is 925 g/mol. The van der Waals surface area contributed by atoms with E-state index in [0.29, 0.717) is 30.4 Å². The number of ether oxygens (including phenoxy) is 2. The first-order valence-electron chi connectivity index (χ1n) is 25.5. The first-order valence-corrected chi connectivity index (χ1v) is 25.5. The number of esters is 2. The molecule has 3 fully saturated rings. The van der Waals surface area contributed by atoms with Crippen LogP contribution in [0.4, 0.5) is 0 Å². The number of carbonyl (C=O) groups excluding carboxylic acids is 5.